The summed E-state index contributed by atoms with van der Waals surface area (Å²) in [4.78, 5) is 56.8. The Labute approximate surface area is 226 Å². The van der Waals surface area contributed by atoms with Crippen LogP contribution in [-0.4, -0.2) is 46.1 Å². The molecule has 0 aromatic carbocycles. The van der Waals surface area contributed by atoms with Gasteiger partial charge in [0.25, 0.3) is 5.56 Å². The molecule has 0 fully saturated rings. The standard InChI is InChI=1S/C28H48N6O4/c1-8-9-10-11-12-13-14-15-16-17-33-27(37)22-24(32(7)28(33)38)34(26(36)21(30)19(4)5)25(31(22)6)23(35)20(29)18(2)3/h8,18-21,25H,1,9-17,29-30H2,2-7H3/t20-,21-,25?/m0/s1. The lowest BCUT2D eigenvalue weighted by Gasteiger charge is -2.32. The van der Waals surface area contributed by atoms with Crippen LogP contribution in [0, 0.1) is 11.8 Å². The fourth-order valence-electron chi connectivity index (χ4n) is 4.87. The summed E-state index contributed by atoms with van der Waals surface area (Å²) in [6.07, 6.45) is 9.07. The fourth-order valence-corrected chi connectivity index (χ4v) is 4.87. The number of aromatic nitrogens is 2. The largest absolute Gasteiger partial charge is 0.340 e. The van der Waals surface area contributed by atoms with Crippen LogP contribution in [0.4, 0.5) is 11.5 Å². The number of allylic oxidation sites excluding steroid dienone is 1. The fraction of sp³-hybridized carbons (Fsp3) is 0.714. The van der Waals surface area contributed by atoms with Crippen LogP contribution < -0.4 is 32.5 Å². The molecule has 0 aliphatic carbocycles. The molecule has 10 heteroatoms. The Balaban J connectivity index is 2.39. The van der Waals surface area contributed by atoms with E-state index < -0.39 is 41.2 Å². The molecule has 3 atom stereocenters. The van der Waals surface area contributed by atoms with Crippen LogP contribution in [-0.2, 0) is 23.2 Å². The number of unbranched alkanes of at least 4 members (excludes halogenated alkanes) is 7. The number of Topliss-reactive ketones (excluding diaryl/α,β-unsaturated/α-hetero) is 1. The van der Waals surface area contributed by atoms with Crippen molar-refractivity contribution in [3.63, 3.8) is 0 Å². The molecule has 4 N–H and O–H groups in total. The highest BCUT2D eigenvalue weighted by Gasteiger charge is 2.48. The zero-order valence-electron chi connectivity index (χ0n) is 24.1. The number of nitrogens with zero attached hydrogens (tertiary/aromatic N) is 4. The summed E-state index contributed by atoms with van der Waals surface area (Å²) in [7, 11) is 3.11. The molecule has 1 unspecified atom stereocenters. The first-order chi connectivity index (χ1) is 17.9. The van der Waals surface area contributed by atoms with Gasteiger partial charge in [-0.05, 0) is 31.1 Å². The highest BCUT2D eigenvalue weighted by atomic mass is 16.2. The van der Waals surface area contributed by atoms with Gasteiger partial charge in [0.1, 0.15) is 5.69 Å². The van der Waals surface area contributed by atoms with E-state index in [1.54, 1.807) is 20.9 Å². The number of carbonyl (C=O) groups excluding carboxylic acids is 2. The first-order valence-electron chi connectivity index (χ1n) is 13.9. The topological polar surface area (TPSA) is 137 Å². The van der Waals surface area contributed by atoms with E-state index in [1.807, 2.05) is 19.9 Å². The minimum atomic E-state index is -1.16. The predicted octanol–water partition coefficient (Wildman–Crippen LogP) is 2.50. The van der Waals surface area contributed by atoms with Gasteiger partial charge in [-0.1, -0.05) is 65.9 Å². The lowest BCUT2D eigenvalue weighted by molar-refractivity contribution is -0.127. The third kappa shape index (κ3) is 6.64. The second-order valence-corrected chi connectivity index (χ2v) is 11.2. The number of rotatable bonds is 15. The number of hydrogen-bond acceptors (Lipinski definition) is 7. The summed E-state index contributed by atoms with van der Waals surface area (Å²) in [6, 6.07) is -1.78. The van der Waals surface area contributed by atoms with E-state index in [9.17, 15) is 19.2 Å². The van der Waals surface area contributed by atoms with E-state index in [0.29, 0.717) is 6.42 Å². The van der Waals surface area contributed by atoms with Crippen molar-refractivity contribution in [2.75, 3.05) is 16.8 Å². The van der Waals surface area contributed by atoms with Gasteiger partial charge in [-0.15, -0.1) is 6.58 Å². The summed E-state index contributed by atoms with van der Waals surface area (Å²) < 4.78 is 2.49. The van der Waals surface area contributed by atoms with E-state index in [-0.39, 0.29) is 29.9 Å². The molecule has 38 heavy (non-hydrogen) atoms. The van der Waals surface area contributed by atoms with Gasteiger partial charge in [-0.3, -0.25) is 28.4 Å². The maximum Gasteiger partial charge on any atom is 0.332 e. The molecule has 1 aliphatic rings. The molecule has 0 bridgehead atoms. The van der Waals surface area contributed by atoms with Crippen molar-refractivity contribution in [2.45, 2.75) is 104 Å². The second-order valence-electron chi connectivity index (χ2n) is 11.2. The highest BCUT2D eigenvalue weighted by Crippen LogP contribution is 2.36. The normalized spacial score (nSPS) is 16.7. The number of amides is 1. The molecule has 0 saturated heterocycles. The van der Waals surface area contributed by atoms with Gasteiger partial charge >= 0.3 is 5.69 Å². The Morgan fingerprint density at radius 1 is 0.895 bits per heavy atom. The molecule has 0 radical (unpaired) electrons. The smallest absolute Gasteiger partial charge is 0.332 e. The first kappa shape index (κ1) is 31.5. The third-order valence-electron chi connectivity index (χ3n) is 7.52. The number of ketones is 1. The summed E-state index contributed by atoms with van der Waals surface area (Å²) in [5, 5.41) is 0. The zero-order valence-corrected chi connectivity index (χ0v) is 24.1. The quantitative estimate of drug-likeness (QED) is 0.262. The molecule has 0 spiro atoms. The van der Waals surface area contributed by atoms with E-state index in [4.69, 9.17) is 11.5 Å². The van der Waals surface area contributed by atoms with Crippen LogP contribution in [0.2, 0.25) is 0 Å². The Morgan fingerprint density at radius 3 is 1.95 bits per heavy atom. The Hall–Kier alpha value is -2.72. The number of nitrogens with two attached hydrogens (primary N) is 2. The van der Waals surface area contributed by atoms with Crippen LogP contribution >= 0.6 is 0 Å². The molecule has 1 amide bonds. The van der Waals surface area contributed by atoms with Crippen molar-refractivity contribution >= 4 is 23.2 Å². The van der Waals surface area contributed by atoms with Crippen LogP contribution in [0.25, 0.3) is 0 Å². The van der Waals surface area contributed by atoms with Crippen LogP contribution in [0.5, 0.6) is 0 Å². The van der Waals surface area contributed by atoms with Crippen LogP contribution in [0.1, 0.15) is 79.1 Å². The van der Waals surface area contributed by atoms with E-state index in [1.165, 1.54) is 32.4 Å². The maximum atomic E-state index is 13.6. The van der Waals surface area contributed by atoms with E-state index in [0.717, 1.165) is 38.5 Å². The van der Waals surface area contributed by atoms with Crippen molar-refractivity contribution in [3.8, 4) is 0 Å². The average molecular weight is 533 g/mol. The third-order valence-corrected chi connectivity index (χ3v) is 7.52. The molecule has 1 aromatic rings. The van der Waals surface area contributed by atoms with Gasteiger partial charge < -0.3 is 16.4 Å². The van der Waals surface area contributed by atoms with Gasteiger partial charge in [-0.2, -0.15) is 0 Å². The van der Waals surface area contributed by atoms with Crippen LogP contribution in [0.3, 0.4) is 0 Å². The number of hydrogen-bond donors (Lipinski definition) is 2. The molecular formula is C28H48N6O4. The monoisotopic (exact) mass is 532 g/mol. The number of fused-ring (bicyclic) bond motifs is 1. The summed E-state index contributed by atoms with van der Waals surface area (Å²) in [5.41, 5.74) is 11.5. The van der Waals surface area contributed by atoms with Gasteiger partial charge in [0.15, 0.2) is 17.8 Å². The Kier molecular flexibility index (Phi) is 11.5. The number of carbonyl (C=O) groups is 2. The average Bonchev–Trinajstić information content (AvgIpc) is 3.18. The maximum absolute atomic E-state index is 13.6. The molecule has 1 aliphatic heterocycles. The molecule has 2 rings (SSSR count). The van der Waals surface area contributed by atoms with Gasteiger partial charge in [0.05, 0.1) is 12.1 Å². The van der Waals surface area contributed by atoms with E-state index >= 15 is 0 Å². The van der Waals surface area contributed by atoms with Crippen LogP contribution in [0.15, 0.2) is 22.2 Å². The molecule has 1 aromatic heterocycles. The minimum Gasteiger partial charge on any atom is -0.340 e. The zero-order chi connectivity index (χ0) is 28.7. The van der Waals surface area contributed by atoms with Gasteiger partial charge in [0, 0.05) is 20.6 Å². The Bertz CT molecular complexity index is 1110. The number of anilines is 2. The van der Waals surface area contributed by atoms with Crippen molar-refractivity contribution in [3.05, 3.63) is 33.5 Å². The van der Waals surface area contributed by atoms with Crippen molar-refractivity contribution < 1.29 is 9.59 Å². The second kappa shape index (κ2) is 13.9. The van der Waals surface area contributed by atoms with Crippen molar-refractivity contribution in [1.82, 2.24) is 9.13 Å². The first-order valence-corrected chi connectivity index (χ1v) is 13.9. The molecular weight excluding hydrogens is 484 g/mol. The lowest BCUT2D eigenvalue weighted by Crippen LogP contribution is -2.60. The summed E-state index contributed by atoms with van der Waals surface area (Å²) in [5.74, 6) is -1.24. The molecule has 214 valence electrons. The number of likely N-dealkylation sites (N-methyl/N-ethyl adjacent to an activating group) is 1. The van der Waals surface area contributed by atoms with Gasteiger partial charge in [-0.25, -0.2) is 4.79 Å². The Morgan fingerprint density at radius 2 is 1.42 bits per heavy atom. The minimum absolute atomic E-state index is 0.0914. The SMILES string of the molecule is C=CCCCCCCCCCn1c(=O)c2c(n(C)c1=O)N(C(=O)[C@@H](N)C(C)C)C(C(=O)[C@@H](N)C(C)C)N2C. The predicted molar refractivity (Wildman–Crippen MR) is 153 cm³/mol. The lowest BCUT2D eigenvalue weighted by atomic mass is 9.97. The van der Waals surface area contributed by atoms with Crippen molar-refractivity contribution in [1.29, 1.82) is 0 Å². The van der Waals surface area contributed by atoms with Gasteiger partial charge in [0.2, 0.25) is 5.91 Å². The van der Waals surface area contributed by atoms with E-state index in [2.05, 4.69) is 6.58 Å². The van der Waals surface area contributed by atoms with Crippen molar-refractivity contribution in [2.24, 2.45) is 30.4 Å². The molecule has 10 nitrogen and oxygen atoms in total. The molecule has 2 heterocycles. The highest BCUT2D eigenvalue weighted by molar-refractivity contribution is 6.10. The summed E-state index contributed by atoms with van der Waals surface area (Å²) in [6.45, 7) is 11.3. The summed E-state index contributed by atoms with van der Waals surface area (Å²) >= 11 is 0. The molecule has 0 saturated carbocycles.